The fourth-order valence-corrected chi connectivity index (χ4v) is 2.46. The molecule has 1 saturated heterocycles. The summed E-state index contributed by atoms with van der Waals surface area (Å²) in [6.07, 6.45) is 2.96. The van der Waals surface area contributed by atoms with Gasteiger partial charge in [0.05, 0.1) is 0 Å². The van der Waals surface area contributed by atoms with Crippen LogP contribution in [0.3, 0.4) is 0 Å². The summed E-state index contributed by atoms with van der Waals surface area (Å²) in [4.78, 5) is 30.9. The first-order chi connectivity index (χ1) is 11.1. The number of carboxylic acid groups (broad SMARTS) is 1. The number of anilines is 1. The number of carboxylic acids is 1. The minimum Gasteiger partial charge on any atom is -0.477 e. The molecule has 8 nitrogen and oxygen atoms in total. The zero-order chi connectivity index (χ0) is 16.2. The van der Waals surface area contributed by atoms with Gasteiger partial charge < -0.3 is 14.9 Å². The summed E-state index contributed by atoms with van der Waals surface area (Å²) in [5.41, 5.74) is 0.208. The van der Waals surface area contributed by atoms with Crippen LogP contribution in [0, 0.1) is 0 Å². The van der Waals surface area contributed by atoms with E-state index in [0.717, 1.165) is 5.82 Å². The summed E-state index contributed by atoms with van der Waals surface area (Å²) in [7, 11) is 0. The molecule has 0 unspecified atom stereocenters. The molecule has 0 radical (unpaired) electrons. The monoisotopic (exact) mass is 313 g/mol. The van der Waals surface area contributed by atoms with Crippen LogP contribution in [-0.4, -0.2) is 63.2 Å². The SMILES string of the molecule is O=C(O)c1cc(C(=O)N2CCN(c3cccnn3)CC2)ccn1. The number of rotatable bonds is 3. The number of carbonyl (C=O) groups is 2. The van der Waals surface area contributed by atoms with Gasteiger partial charge in [0, 0.05) is 44.1 Å². The standard InChI is InChI=1S/C15H15N5O3/c21-14(11-3-5-16-12(10-11)15(22)23)20-8-6-19(7-9-20)13-2-1-4-17-18-13/h1-5,10H,6-9H2,(H,22,23). The molecule has 118 valence electrons. The van der Waals surface area contributed by atoms with Crippen LogP contribution in [0.1, 0.15) is 20.8 Å². The fourth-order valence-electron chi connectivity index (χ4n) is 2.46. The molecular weight excluding hydrogens is 298 g/mol. The van der Waals surface area contributed by atoms with E-state index in [1.165, 1.54) is 18.3 Å². The van der Waals surface area contributed by atoms with E-state index in [0.29, 0.717) is 31.7 Å². The third kappa shape index (κ3) is 3.25. The topological polar surface area (TPSA) is 99.5 Å². The molecule has 1 aliphatic heterocycles. The normalized spacial score (nSPS) is 14.6. The largest absolute Gasteiger partial charge is 0.477 e. The highest BCUT2D eigenvalue weighted by molar-refractivity contribution is 5.96. The number of aromatic carboxylic acids is 1. The summed E-state index contributed by atoms with van der Waals surface area (Å²) < 4.78 is 0. The molecule has 1 N–H and O–H groups in total. The molecule has 0 bridgehead atoms. The van der Waals surface area contributed by atoms with E-state index in [4.69, 9.17) is 5.11 Å². The van der Waals surface area contributed by atoms with Crippen molar-refractivity contribution in [2.45, 2.75) is 0 Å². The number of pyridine rings is 1. The van der Waals surface area contributed by atoms with Crippen molar-refractivity contribution < 1.29 is 14.7 Å². The van der Waals surface area contributed by atoms with Crippen LogP contribution < -0.4 is 4.90 Å². The van der Waals surface area contributed by atoms with Crippen LogP contribution in [0.15, 0.2) is 36.7 Å². The number of hydrogen-bond donors (Lipinski definition) is 1. The lowest BCUT2D eigenvalue weighted by atomic mass is 10.2. The van der Waals surface area contributed by atoms with E-state index in [2.05, 4.69) is 20.1 Å². The predicted octanol–water partition coefficient (Wildman–Crippen LogP) is 0.532. The molecule has 3 rings (SSSR count). The Hall–Kier alpha value is -3.03. The van der Waals surface area contributed by atoms with Crippen molar-refractivity contribution in [2.75, 3.05) is 31.1 Å². The second-order valence-electron chi connectivity index (χ2n) is 5.10. The third-order valence-electron chi connectivity index (χ3n) is 3.68. The van der Waals surface area contributed by atoms with Gasteiger partial charge in [-0.05, 0) is 24.3 Å². The van der Waals surface area contributed by atoms with E-state index >= 15 is 0 Å². The minimum absolute atomic E-state index is 0.131. The van der Waals surface area contributed by atoms with Crippen molar-refractivity contribution >= 4 is 17.7 Å². The fraction of sp³-hybridized carbons (Fsp3) is 0.267. The maximum absolute atomic E-state index is 12.5. The average Bonchev–Trinajstić information content (AvgIpc) is 2.62. The number of carbonyl (C=O) groups excluding carboxylic acids is 1. The molecule has 1 fully saturated rings. The first-order valence-corrected chi connectivity index (χ1v) is 7.16. The van der Waals surface area contributed by atoms with Crippen LogP contribution in [0.5, 0.6) is 0 Å². The van der Waals surface area contributed by atoms with Gasteiger partial charge in [0.15, 0.2) is 5.82 Å². The van der Waals surface area contributed by atoms with Crippen molar-refractivity contribution in [3.05, 3.63) is 47.9 Å². The first kappa shape index (κ1) is 14.9. The van der Waals surface area contributed by atoms with Crippen LogP contribution in [0.2, 0.25) is 0 Å². The molecule has 3 heterocycles. The molecule has 0 atom stereocenters. The van der Waals surface area contributed by atoms with Crippen LogP contribution in [0.4, 0.5) is 5.82 Å². The van der Waals surface area contributed by atoms with Gasteiger partial charge in [-0.1, -0.05) is 0 Å². The van der Waals surface area contributed by atoms with Crippen molar-refractivity contribution in [2.24, 2.45) is 0 Å². The van der Waals surface area contributed by atoms with Crippen LogP contribution in [0.25, 0.3) is 0 Å². The van der Waals surface area contributed by atoms with Gasteiger partial charge in [-0.3, -0.25) is 4.79 Å². The maximum atomic E-state index is 12.5. The molecule has 0 aromatic carbocycles. The summed E-state index contributed by atoms with van der Waals surface area (Å²) in [6, 6.07) is 6.54. The molecule has 23 heavy (non-hydrogen) atoms. The number of aromatic nitrogens is 3. The van der Waals surface area contributed by atoms with Crippen molar-refractivity contribution in [3.63, 3.8) is 0 Å². The van der Waals surface area contributed by atoms with E-state index in [9.17, 15) is 9.59 Å². The molecular formula is C15H15N5O3. The Morgan fingerprint density at radius 1 is 1.09 bits per heavy atom. The number of nitrogens with zero attached hydrogens (tertiary/aromatic N) is 5. The van der Waals surface area contributed by atoms with Gasteiger partial charge in [-0.2, -0.15) is 5.10 Å². The van der Waals surface area contributed by atoms with Gasteiger partial charge >= 0.3 is 5.97 Å². The summed E-state index contributed by atoms with van der Waals surface area (Å²) in [5, 5.41) is 16.9. The molecule has 2 aromatic heterocycles. The Balaban J connectivity index is 1.66. The zero-order valence-electron chi connectivity index (χ0n) is 12.3. The second-order valence-corrected chi connectivity index (χ2v) is 5.10. The lowest BCUT2D eigenvalue weighted by molar-refractivity contribution is 0.0690. The molecule has 2 aromatic rings. The van der Waals surface area contributed by atoms with Gasteiger partial charge in [-0.25, -0.2) is 9.78 Å². The van der Waals surface area contributed by atoms with Crippen molar-refractivity contribution in [1.82, 2.24) is 20.1 Å². The third-order valence-corrected chi connectivity index (χ3v) is 3.68. The summed E-state index contributed by atoms with van der Waals surface area (Å²) in [6.45, 7) is 2.39. The van der Waals surface area contributed by atoms with Crippen LogP contribution >= 0.6 is 0 Å². The van der Waals surface area contributed by atoms with Crippen molar-refractivity contribution in [1.29, 1.82) is 0 Å². The van der Waals surface area contributed by atoms with Gasteiger partial charge in [0.25, 0.3) is 5.91 Å². The number of piperazine rings is 1. The van der Waals surface area contributed by atoms with Gasteiger partial charge in [0.1, 0.15) is 5.69 Å². The highest BCUT2D eigenvalue weighted by Gasteiger charge is 2.23. The first-order valence-electron chi connectivity index (χ1n) is 7.16. The minimum atomic E-state index is -1.15. The quantitative estimate of drug-likeness (QED) is 0.882. The molecule has 1 aliphatic rings. The smallest absolute Gasteiger partial charge is 0.354 e. The lowest BCUT2D eigenvalue weighted by Gasteiger charge is -2.35. The Bertz CT molecular complexity index is 714. The zero-order valence-corrected chi connectivity index (χ0v) is 12.3. The molecule has 8 heteroatoms. The second kappa shape index (κ2) is 6.39. The van der Waals surface area contributed by atoms with Crippen molar-refractivity contribution in [3.8, 4) is 0 Å². The molecule has 0 saturated carbocycles. The van der Waals surface area contributed by atoms with Gasteiger partial charge in [-0.15, -0.1) is 5.10 Å². The van der Waals surface area contributed by atoms with E-state index in [1.54, 1.807) is 11.1 Å². The highest BCUT2D eigenvalue weighted by Crippen LogP contribution is 2.14. The Morgan fingerprint density at radius 3 is 2.52 bits per heavy atom. The van der Waals surface area contributed by atoms with Crippen LogP contribution in [-0.2, 0) is 0 Å². The molecule has 0 aliphatic carbocycles. The Kier molecular flexibility index (Phi) is 4.13. The Morgan fingerprint density at radius 2 is 1.87 bits per heavy atom. The van der Waals surface area contributed by atoms with E-state index in [1.807, 2.05) is 12.1 Å². The Labute approximate surface area is 132 Å². The van der Waals surface area contributed by atoms with Gasteiger partial charge in [0.2, 0.25) is 0 Å². The average molecular weight is 313 g/mol. The highest BCUT2D eigenvalue weighted by atomic mass is 16.4. The van der Waals surface area contributed by atoms with E-state index in [-0.39, 0.29) is 11.6 Å². The molecule has 1 amide bonds. The summed E-state index contributed by atoms with van der Waals surface area (Å²) >= 11 is 0. The number of amides is 1. The predicted molar refractivity (Wildman–Crippen MR) is 81.3 cm³/mol. The summed E-state index contributed by atoms with van der Waals surface area (Å²) in [5.74, 6) is -0.544. The number of hydrogen-bond acceptors (Lipinski definition) is 6. The molecule has 0 spiro atoms. The maximum Gasteiger partial charge on any atom is 0.354 e. The lowest BCUT2D eigenvalue weighted by Crippen LogP contribution is -2.49. The van der Waals surface area contributed by atoms with E-state index < -0.39 is 5.97 Å².